The lowest BCUT2D eigenvalue weighted by Gasteiger charge is -2.27. The van der Waals surface area contributed by atoms with E-state index in [2.05, 4.69) is 46.5 Å². The molecule has 1 unspecified atom stereocenters. The van der Waals surface area contributed by atoms with Gasteiger partial charge in [0.25, 0.3) is 0 Å². The summed E-state index contributed by atoms with van der Waals surface area (Å²) in [6.07, 6.45) is 3.61. The third kappa shape index (κ3) is 8.50. The molecule has 0 bridgehead atoms. The molecule has 170 valence electrons. The van der Waals surface area contributed by atoms with Crippen molar-refractivity contribution >= 4 is 5.96 Å². The predicted molar refractivity (Wildman–Crippen MR) is 125 cm³/mol. The van der Waals surface area contributed by atoms with Gasteiger partial charge in [0.05, 0.1) is 26.3 Å². The van der Waals surface area contributed by atoms with Gasteiger partial charge >= 0.3 is 0 Å². The summed E-state index contributed by atoms with van der Waals surface area (Å²) in [5.41, 5.74) is 1.30. The molecule has 1 aliphatic heterocycles. The van der Waals surface area contributed by atoms with Gasteiger partial charge in [-0.25, -0.2) is 0 Å². The molecular weight excluding hydrogens is 378 g/mol. The summed E-state index contributed by atoms with van der Waals surface area (Å²) in [5, 5.41) is 6.88. The van der Waals surface area contributed by atoms with E-state index in [1.165, 1.54) is 18.4 Å². The fourth-order valence-corrected chi connectivity index (χ4v) is 3.75. The van der Waals surface area contributed by atoms with Gasteiger partial charge < -0.3 is 25.0 Å². The van der Waals surface area contributed by atoms with Gasteiger partial charge in [-0.2, -0.15) is 0 Å². The number of benzene rings is 1. The van der Waals surface area contributed by atoms with Crippen molar-refractivity contribution in [2.75, 3.05) is 73.7 Å². The highest BCUT2D eigenvalue weighted by Gasteiger charge is 2.23. The second-order valence-corrected chi connectivity index (χ2v) is 7.83. The lowest BCUT2D eigenvalue weighted by molar-refractivity contribution is 0.161. The topological polar surface area (TPSA) is 61.4 Å². The van der Waals surface area contributed by atoms with E-state index in [9.17, 15) is 0 Å². The fraction of sp³-hybridized carbons (Fsp3) is 0.696. The van der Waals surface area contributed by atoms with Crippen LogP contribution in [0.2, 0.25) is 0 Å². The minimum atomic E-state index is 0.300. The second-order valence-electron chi connectivity index (χ2n) is 7.83. The number of likely N-dealkylation sites (tertiary alicyclic amines) is 1. The van der Waals surface area contributed by atoms with Crippen LogP contribution in [0, 0.1) is 0 Å². The molecule has 0 radical (unpaired) electrons. The van der Waals surface area contributed by atoms with Crippen LogP contribution in [0.3, 0.4) is 0 Å². The molecule has 1 saturated heterocycles. The number of methoxy groups -OCH3 is 2. The average molecular weight is 420 g/mol. The molecule has 1 fully saturated rings. The molecule has 1 aliphatic rings. The van der Waals surface area contributed by atoms with Crippen LogP contribution in [-0.4, -0.2) is 89.4 Å². The van der Waals surface area contributed by atoms with Crippen LogP contribution in [0.5, 0.6) is 5.75 Å². The molecule has 0 amide bonds. The largest absolute Gasteiger partial charge is 0.497 e. The van der Waals surface area contributed by atoms with Crippen LogP contribution in [0.4, 0.5) is 0 Å². The van der Waals surface area contributed by atoms with Crippen LogP contribution in [0.15, 0.2) is 29.3 Å². The van der Waals surface area contributed by atoms with Crippen molar-refractivity contribution in [3.63, 3.8) is 0 Å². The number of aliphatic imine (C=N–C) groups is 1. The SMILES string of the molecule is CCNC(=NCC(c1ccc(OC)cc1)N1CCCC1)NCCCN(C)CCOC. The Morgan fingerprint density at radius 1 is 1.13 bits per heavy atom. The number of rotatable bonds is 13. The quantitative estimate of drug-likeness (QED) is 0.291. The molecule has 1 aromatic rings. The van der Waals surface area contributed by atoms with Crippen molar-refractivity contribution < 1.29 is 9.47 Å². The van der Waals surface area contributed by atoms with Crippen molar-refractivity contribution in [1.29, 1.82) is 0 Å². The van der Waals surface area contributed by atoms with Crippen LogP contribution < -0.4 is 15.4 Å². The highest BCUT2D eigenvalue weighted by Crippen LogP contribution is 2.27. The maximum atomic E-state index is 5.33. The summed E-state index contributed by atoms with van der Waals surface area (Å²) in [4.78, 5) is 9.78. The van der Waals surface area contributed by atoms with Gasteiger partial charge in [-0.05, 0) is 70.6 Å². The van der Waals surface area contributed by atoms with Crippen LogP contribution in [0.1, 0.15) is 37.8 Å². The third-order valence-corrected chi connectivity index (χ3v) is 5.53. The highest BCUT2D eigenvalue weighted by molar-refractivity contribution is 5.79. The maximum Gasteiger partial charge on any atom is 0.191 e. The van der Waals surface area contributed by atoms with Gasteiger partial charge in [-0.3, -0.25) is 9.89 Å². The first-order valence-corrected chi connectivity index (χ1v) is 11.3. The Labute approximate surface area is 182 Å². The summed E-state index contributed by atoms with van der Waals surface area (Å²) in [6, 6.07) is 8.74. The van der Waals surface area contributed by atoms with Crippen molar-refractivity contribution in [2.24, 2.45) is 4.99 Å². The van der Waals surface area contributed by atoms with Crippen molar-refractivity contribution in [3.05, 3.63) is 29.8 Å². The van der Waals surface area contributed by atoms with Crippen molar-refractivity contribution in [2.45, 2.75) is 32.2 Å². The van der Waals surface area contributed by atoms with E-state index < -0.39 is 0 Å². The zero-order chi connectivity index (χ0) is 21.6. The maximum absolute atomic E-state index is 5.33. The van der Waals surface area contributed by atoms with Gasteiger partial charge in [0.1, 0.15) is 5.75 Å². The Balaban J connectivity index is 1.93. The minimum absolute atomic E-state index is 0.300. The first-order valence-electron chi connectivity index (χ1n) is 11.3. The second kappa shape index (κ2) is 14.2. The molecule has 7 nitrogen and oxygen atoms in total. The lowest BCUT2D eigenvalue weighted by Crippen LogP contribution is -2.39. The zero-order valence-corrected chi connectivity index (χ0v) is 19.3. The number of hydrogen-bond donors (Lipinski definition) is 2. The lowest BCUT2D eigenvalue weighted by atomic mass is 10.1. The Morgan fingerprint density at radius 2 is 1.87 bits per heavy atom. The summed E-state index contributed by atoms with van der Waals surface area (Å²) in [7, 11) is 5.59. The molecule has 1 heterocycles. The number of likely N-dealkylation sites (N-methyl/N-ethyl adjacent to an activating group) is 1. The van der Waals surface area contributed by atoms with E-state index in [4.69, 9.17) is 14.5 Å². The van der Waals surface area contributed by atoms with E-state index in [0.29, 0.717) is 6.04 Å². The summed E-state index contributed by atoms with van der Waals surface area (Å²) < 4.78 is 10.5. The van der Waals surface area contributed by atoms with Gasteiger partial charge in [0.15, 0.2) is 5.96 Å². The molecule has 0 spiro atoms. The highest BCUT2D eigenvalue weighted by atomic mass is 16.5. The van der Waals surface area contributed by atoms with E-state index >= 15 is 0 Å². The number of hydrogen-bond acceptors (Lipinski definition) is 5. The zero-order valence-electron chi connectivity index (χ0n) is 19.3. The van der Waals surface area contributed by atoms with E-state index in [0.717, 1.165) is 70.6 Å². The standard InChI is InChI=1S/C23H41N5O2/c1-5-24-23(25-13-8-14-27(2)17-18-29-3)26-19-22(28-15-6-7-16-28)20-9-11-21(30-4)12-10-20/h9-12,22H,5-8,13-19H2,1-4H3,(H2,24,25,26). The molecule has 0 aliphatic carbocycles. The molecule has 30 heavy (non-hydrogen) atoms. The number of nitrogens with one attached hydrogen (secondary N) is 2. The normalized spacial score (nSPS) is 16.1. The fourth-order valence-electron chi connectivity index (χ4n) is 3.75. The van der Waals surface area contributed by atoms with Gasteiger partial charge in [0.2, 0.25) is 0 Å². The predicted octanol–water partition coefficient (Wildman–Crippen LogP) is 2.36. The van der Waals surface area contributed by atoms with Crippen LogP contribution in [0.25, 0.3) is 0 Å². The van der Waals surface area contributed by atoms with E-state index in [-0.39, 0.29) is 0 Å². The molecule has 1 aromatic carbocycles. The Bertz CT molecular complexity index is 602. The van der Waals surface area contributed by atoms with E-state index in [1.807, 2.05) is 12.1 Å². The number of nitrogens with zero attached hydrogens (tertiary/aromatic N) is 3. The Morgan fingerprint density at radius 3 is 2.50 bits per heavy atom. The first kappa shape index (κ1) is 24.4. The summed E-state index contributed by atoms with van der Waals surface area (Å²) >= 11 is 0. The Hall–Kier alpha value is -1.83. The monoisotopic (exact) mass is 419 g/mol. The van der Waals surface area contributed by atoms with Crippen molar-refractivity contribution in [3.8, 4) is 5.75 Å². The molecule has 1 atom stereocenters. The first-order chi connectivity index (χ1) is 14.7. The van der Waals surface area contributed by atoms with E-state index in [1.54, 1.807) is 14.2 Å². The van der Waals surface area contributed by atoms with Gasteiger partial charge in [-0.1, -0.05) is 12.1 Å². The summed E-state index contributed by atoms with van der Waals surface area (Å²) in [6.45, 7) is 9.68. The van der Waals surface area contributed by atoms with Crippen LogP contribution in [-0.2, 0) is 4.74 Å². The molecule has 7 heteroatoms. The van der Waals surface area contributed by atoms with Crippen molar-refractivity contribution in [1.82, 2.24) is 20.4 Å². The molecule has 2 N–H and O–H groups in total. The number of guanidine groups is 1. The third-order valence-electron chi connectivity index (χ3n) is 5.53. The average Bonchev–Trinajstić information content (AvgIpc) is 3.30. The molecular formula is C23H41N5O2. The minimum Gasteiger partial charge on any atom is -0.497 e. The molecule has 2 rings (SSSR count). The smallest absolute Gasteiger partial charge is 0.191 e. The molecule has 0 saturated carbocycles. The number of ether oxygens (including phenoxy) is 2. The Kier molecular flexibility index (Phi) is 11.6. The van der Waals surface area contributed by atoms with Crippen LogP contribution >= 0.6 is 0 Å². The molecule has 0 aromatic heterocycles. The van der Waals surface area contributed by atoms with Gasteiger partial charge in [-0.15, -0.1) is 0 Å². The summed E-state index contributed by atoms with van der Waals surface area (Å²) in [5.74, 6) is 1.79. The van der Waals surface area contributed by atoms with Gasteiger partial charge in [0, 0.05) is 26.7 Å².